The smallest absolute Gasteiger partial charge is 0.134 e. The number of morpholine rings is 1. The predicted molar refractivity (Wildman–Crippen MR) is 95.5 cm³/mol. The number of ether oxygens (including phenoxy) is 1. The minimum absolute atomic E-state index is 0.506. The molecule has 1 N–H and O–H groups in total. The molecule has 6 nitrogen and oxygen atoms in total. The highest BCUT2D eigenvalue weighted by molar-refractivity contribution is 5.49. The number of aromatic nitrogens is 2. The number of nitrogens with zero attached hydrogens (tertiary/aromatic N) is 4. The molecule has 4 rings (SSSR count). The van der Waals surface area contributed by atoms with Gasteiger partial charge in [0.2, 0.25) is 0 Å². The van der Waals surface area contributed by atoms with Crippen molar-refractivity contribution >= 4 is 11.6 Å². The zero-order chi connectivity index (χ0) is 16.2. The largest absolute Gasteiger partial charge is 0.378 e. The third-order valence-electron chi connectivity index (χ3n) is 5.63. The Labute approximate surface area is 144 Å². The molecule has 3 fully saturated rings. The first kappa shape index (κ1) is 16.1. The molecule has 0 amide bonds. The van der Waals surface area contributed by atoms with Crippen LogP contribution in [0.2, 0.25) is 0 Å². The Balaban J connectivity index is 1.37. The summed E-state index contributed by atoms with van der Waals surface area (Å²) in [7, 11) is 0. The maximum absolute atomic E-state index is 5.43. The molecule has 132 valence electrons. The molecule has 6 heteroatoms. The summed E-state index contributed by atoms with van der Waals surface area (Å²) in [6.45, 7) is 5.81. The first-order chi connectivity index (χ1) is 11.9. The number of hydrogen-bond acceptors (Lipinski definition) is 6. The normalized spacial score (nSPS) is 26.7. The molecular formula is C18H29N5O. The molecule has 3 heterocycles. The van der Waals surface area contributed by atoms with Gasteiger partial charge >= 0.3 is 0 Å². The number of anilines is 2. The molecule has 3 aliphatic rings. The molecular weight excluding hydrogens is 302 g/mol. The van der Waals surface area contributed by atoms with Crippen LogP contribution < -0.4 is 10.2 Å². The summed E-state index contributed by atoms with van der Waals surface area (Å²) < 4.78 is 5.43. The molecule has 1 saturated carbocycles. The van der Waals surface area contributed by atoms with Crippen molar-refractivity contribution < 1.29 is 4.74 Å². The summed E-state index contributed by atoms with van der Waals surface area (Å²) in [6, 6.07) is 3.43. The second-order valence-corrected chi connectivity index (χ2v) is 7.28. The van der Waals surface area contributed by atoms with Crippen LogP contribution in [-0.2, 0) is 4.74 Å². The second kappa shape index (κ2) is 7.66. The fraction of sp³-hybridized carbons (Fsp3) is 0.778. The molecule has 0 bridgehead atoms. The van der Waals surface area contributed by atoms with E-state index in [4.69, 9.17) is 4.74 Å². The van der Waals surface area contributed by atoms with Gasteiger partial charge in [0.05, 0.1) is 13.2 Å². The van der Waals surface area contributed by atoms with Gasteiger partial charge in [-0.05, 0) is 32.2 Å². The summed E-state index contributed by atoms with van der Waals surface area (Å²) in [5.74, 6) is 1.98. The molecule has 24 heavy (non-hydrogen) atoms. The summed E-state index contributed by atoms with van der Waals surface area (Å²) >= 11 is 0. The lowest BCUT2D eigenvalue weighted by molar-refractivity contribution is 0.122. The first-order valence-corrected chi connectivity index (χ1v) is 9.54. The van der Waals surface area contributed by atoms with Crippen LogP contribution in [0.5, 0.6) is 0 Å². The zero-order valence-corrected chi connectivity index (χ0v) is 14.5. The lowest BCUT2D eigenvalue weighted by atomic mass is 10.0. The first-order valence-electron chi connectivity index (χ1n) is 9.54. The molecule has 2 aliphatic heterocycles. The molecule has 0 radical (unpaired) electrons. The Morgan fingerprint density at radius 1 is 1.00 bits per heavy atom. The van der Waals surface area contributed by atoms with Crippen molar-refractivity contribution in [2.75, 3.05) is 49.6 Å². The molecule has 0 aromatic carbocycles. The van der Waals surface area contributed by atoms with E-state index in [-0.39, 0.29) is 0 Å². The topological polar surface area (TPSA) is 53.5 Å². The van der Waals surface area contributed by atoms with Crippen molar-refractivity contribution in [3.05, 3.63) is 12.4 Å². The van der Waals surface area contributed by atoms with Crippen LogP contribution in [0.4, 0.5) is 11.6 Å². The molecule has 1 aromatic rings. The van der Waals surface area contributed by atoms with Gasteiger partial charge in [0.1, 0.15) is 18.0 Å². The van der Waals surface area contributed by atoms with Crippen molar-refractivity contribution in [3.63, 3.8) is 0 Å². The van der Waals surface area contributed by atoms with Crippen molar-refractivity contribution in [2.24, 2.45) is 0 Å². The third-order valence-corrected chi connectivity index (χ3v) is 5.63. The molecule has 0 spiro atoms. The molecule has 2 saturated heterocycles. The van der Waals surface area contributed by atoms with Gasteiger partial charge in [-0.15, -0.1) is 0 Å². The van der Waals surface area contributed by atoms with E-state index in [1.54, 1.807) is 6.33 Å². The maximum atomic E-state index is 5.43. The van der Waals surface area contributed by atoms with E-state index in [0.29, 0.717) is 6.04 Å². The Kier molecular flexibility index (Phi) is 5.13. The summed E-state index contributed by atoms with van der Waals surface area (Å²) in [5, 5.41) is 3.66. The minimum Gasteiger partial charge on any atom is -0.378 e. The van der Waals surface area contributed by atoms with E-state index in [0.717, 1.165) is 50.5 Å². The number of rotatable bonds is 4. The second-order valence-electron chi connectivity index (χ2n) is 7.28. The van der Waals surface area contributed by atoms with Crippen molar-refractivity contribution in [1.82, 2.24) is 14.9 Å². The average molecular weight is 331 g/mol. The Morgan fingerprint density at radius 3 is 2.67 bits per heavy atom. The zero-order valence-electron chi connectivity index (χ0n) is 14.5. The van der Waals surface area contributed by atoms with E-state index in [9.17, 15) is 0 Å². The predicted octanol–water partition coefficient (Wildman–Crippen LogP) is 2.13. The lowest BCUT2D eigenvalue weighted by Gasteiger charge is -2.37. The molecule has 1 aromatic heterocycles. The van der Waals surface area contributed by atoms with Crippen LogP contribution in [0.3, 0.4) is 0 Å². The fourth-order valence-corrected chi connectivity index (χ4v) is 4.33. The van der Waals surface area contributed by atoms with Crippen LogP contribution in [0.25, 0.3) is 0 Å². The number of hydrogen-bond donors (Lipinski definition) is 1. The monoisotopic (exact) mass is 331 g/mol. The average Bonchev–Trinajstić information content (AvgIpc) is 3.18. The Morgan fingerprint density at radius 2 is 1.83 bits per heavy atom. The minimum atomic E-state index is 0.506. The van der Waals surface area contributed by atoms with Crippen LogP contribution in [0.1, 0.15) is 38.5 Å². The van der Waals surface area contributed by atoms with Gasteiger partial charge in [0.25, 0.3) is 0 Å². The number of nitrogens with one attached hydrogen (secondary N) is 1. The quantitative estimate of drug-likeness (QED) is 0.912. The number of likely N-dealkylation sites (tertiary alicyclic amines) is 1. The van der Waals surface area contributed by atoms with Gasteiger partial charge in [-0.3, -0.25) is 4.90 Å². The van der Waals surface area contributed by atoms with Gasteiger partial charge in [-0.1, -0.05) is 12.8 Å². The standard InChI is InChI=1S/C18H29N5O/c1-2-6-16(5-1)23-7-3-4-15(13-23)21-17-12-18(20-14-19-17)22-8-10-24-11-9-22/h12,14-16H,1-11,13H2,(H,19,20,21)/t15-/m1/s1. The van der Waals surface area contributed by atoms with E-state index >= 15 is 0 Å². The van der Waals surface area contributed by atoms with Gasteiger partial charge in [0.15, 0.2) is 0 Å². The lowest BCUT2D eigenvalue weighted by Crippen LogP contribution is -2.46. The van der Waals surface area contributed by atoms with E-state index in [2.05, 4.69) is 31.2 Å². The number of piperidine rings is 1. The molecule has 1 aliphatic carbocycles. The van der Waals surface area contributed by atoms with Crippen LogP contribution in [0.15, 0.2) is 12.4 Å². The van der Waals surface area contributed by atoms with E-state index < -0.39 is 0 Å². The van der Waals surface area contributed by atoms with Crippen LogP contribution in [0, 0.1) is 0 Å². The van der Waals surface area contributed by atoms with Gasteiger partial charge in [-0.2, -0.15) is 0 Å². The van der Waals surface area contributed by atoms with Gasteiger partial charge < -0.3 is 15.0 Å². The SMILES string of the molecule is c1nc(N[C@@H]2CCCN(C3CCCC3)C2)cc(N2CCOCC2)n1. The molecule has 0 unspecified atom stereocenters. The highest BCUT2D eigenvalue weighted by atomic mass is 16.5. The van der Waals surface area contributed by atoms with Gasteiger partial charge in [0, 0.05) is 37.8 Å². The summed E-state index contributed by atoms with van der Waals surface area (Å²) in [4.78, 5) is 13.9. The maximum Gasteiger partial charge on any atom is 0.134 e. The van der Waals surface area contributed by atoms with E-state index in [1.165, 1.54) is 45.1 Å². The highest BCUT2D eigenvalue weighted by Crippen LogP contribution is 2.27. The van der Waals surface area contributed by atoms with Crippen LogP contribution >= 0.6 is 0 Å². The highest BCUT2D eigenvalue weighted by Gasteiger charge is 2.28. The van der Waals surface area contributed by atoms with Crippen LogP contribution in [-0.4, -0.2) is 66.3 Å². The Bertz CT molecular complexity index is 528. The fourth-order valence-electron chi connectivity index (χ4n) is 4.33. The van der Waals surface area contributed by atoms with Crippen molar-refractivity contribution in [1.29, 1.82) is 0 Å². The van der Waals surface area contributed by atoms with Gasteiger partial charge in [-0.25, -0.2) is 9.97 Å². The van der Waals surface area contributed by atoms with E-state index in [1.807, 2.05) is 0 Å². The summed E-state index contributed by atoms with van der Waals surface area (Å²) in [6.07, 6.45) is 9.81. The summed E-state index contributed by atoms with van der Waals surface area (Å²) in [5.41, 5.74) is 0. The van der Waals surface area contributed by atoms with Crippen molar-refractivity contribution in [3.8, 4) is 0 Å². The third kappa shape index (κ3) is 3.81. The Hall–Kier alpha value is -1.40. The molecule has 1 atom stereocenters. The van der Waals surface area contributed by atoms with Crippen molar-refractivity contribution in [2.45, 2.75) is 50.6 Å².